The molecule has 29 heavy (non-hydrogen) atoms. The van der Waals surface area contributed by atoms with E-state index < -0.39 is 11.6 Å². The molecule has 9 heteroatoms. The average Bonchev–Trinajstić information content (AvgIpc) is 3.15. The first-order valence-corrected chi connectivity index (χ1v) is 11.0. The number of nitrogens with zero attached hydrogens (tertiary/aromatic N) is 2. The molecule has 0 aliphatic carbocycles. The van der Waals surface area contributed by atoms with Gasteiger partial charge < -0.3 is 15.0 Å². The maximum atomic E-state index is 13.2. The van der Waals surface area contributed by atoms with Crippen LogP contribution in [-0.2, 0) is 9.53 Å². The van der Waals surface area contributed by atoms with Crippen LogP contribution in [0.5, 0.6) is 0 Å². The number of thioether (sulfide) groups is 1. The summed E-state index contributed by atoms with van der Waals surface area (Å²) in [5, 5.41) is 3.86. The molecule has 1 saturated heterocycles. The highest BCUT2D eigenvalue weighted by Gasteiger charge is 2.15. The molecule has 1 fully saturated rings. The molecule has 0 bridgehead atoms. The lowest BCUT2D eigenvalue weighted by molar-refractivity contribution is -0.115. The molecule has 1 aliphatic heterocycles. The second kappa shape index (κ2) is 9.06. The molecule has 0 saturated carbocycles. The van der Waals surface area contributed by atoms with Crippen LogP contribution in [0.15, 0.2) is 41.3 Å². The van der Waals surface area contributed by atoms with E-state index in [1.807, 2.05) is 18.2 Å². The lowest BCUT2D eigenvalue weighted by Crippen LogP contribution is -2.36. The highest BCUT2D eigenvalue weighted by molar-refractivity contribution is 7.99. The zero-order valence-corrected chi connectivity index (χ0v) is 17.1. The summed E-state index contributed by atoms with van der Waals surface area (Å²) in [6, 6.07) is 9.41. The third-order valence-corrected chi connectivity index (χ3v) is 6.51. The van der Waals surface area contributed by atoms with Crippen LogP contribution in [0.3, 0.4) is 0 Å². The first kappa shape index (κ1) is 20.1. The van der Waals surface area contributed by atoms with Crippen LogP contribution in [0.1, 0.15) is 6.42 Å². The Kier molecular flexibility index (Phi) is 6.27. The molecule has 1 amide bonds. The number of ether oxygens (including phenoxy) is 1. The van der Waals surface area contributed by atoms with E-state index in [-0.39, 0.29) is 12.3 Å². The molecule has 1 aromatic heterocycles. The van der Waals surface area contributed by atoms with Gasteiger partial charge in [-0.15, -0.1) is 11.8 Å². The summed E-state index contributed by atoms with van der Waals surface area (Å²) >= 11 is 2.91. The quantitative estimate of drug-likeness (QED) is 0.577. The van der Waals surface area contributed by atoms with Crippen LogP contribution in [0.2, 0.25) is 0 Å². The summed E-state index contributed by atoms with van der Waals surface area (Å²) in [4.78, 5) is 19.7. The van der Waals surface area contributed by atoms with Gasteiger partial charge in [-0.05, 0) is 36.4 Å². The van der Waals surface area contributed by atoms with Crippen LogP contribution in [-0.4, -0.2) is 42.9 Å². The summed E-state index contributed by atoms with van der Waals surface area (Å²) in [7, 11) is 0. The fourth-order valence-corrected chi connectivity index (χ4v) is 4.86. The lowest BCUT2D eigenvalue weighted by Gasteiger charge is -2.25. The molecular weight excluding hydrogens is 416 g/mol. The monoisotopic (exact) mass is 435 g/mol. The van der Waals surface area contributed by atoms with Gasteiger partial charge in [-0.2, -0.15) is 0 Å². The second-order valence-corrected chi connectivity index (χ2v) is 8.68. The van der Waals surface area contributed by atoms with E-state index in [0.29, 0.717) is 23.9 Å². The van der Waals surface area contributed by atoms with Crippen LogP contribution >= 0.6 is 23.1 Å². The number of fused-ring (bicyclic) bond motifs is 1. The summed E-state index contributed by atoms with van der Waals surface area (Å²) < 4.78 is 32.6. The van der Waals surface area contributed by atoms with Crippen LogP contribution < -0.4 is 10.2 Å². The molecule has 0 unspecified atom stereocenters. The van der Waals surface area contributed by atoms with Gasteiger partial charge >= 0.3 is 0 Å². The minimum absolute atomic E-state index is 0.127. The Morgan fingerprint density at radius 1 is 1.17 bits per heavy atom. The summed E-state index contributed by atoms with van der Waals surface area (Å²) in [6.45, 7) is 3.08. The topological polar surface area (TPSA) is 54.5 Å². The van der Waals surface area contributed by atoms with E-state index in [4.69, 9.17) is 4.74 Å². The Labute approximate surface area is 175 Å². The Bertz CT molecular complexity index is 1020. The van der Waals surface area contributed by atoms with Crippen molar-refractivity contribution >= 4 is 50.0 Å². The molecule has 5 nitrogen and oxygen atoms in total. The summed E-state index contributed by atoms with van der Waals surface area (Å²) in [5.41, 5.74) is 1.63. The number of halogens is 2. The Morgan fingerprint density at radius 3 is 2.79 bits per heavy atom. The summed E-state index contributed by atoms with van der Waals surface area (Å²) in [5.74, 6) is -1.41. The molecule has 152 valence electrons. The molecule has 1 N–H and O–H groups in total. The zero-order valence-electron chi connectivity index (χ0n) is 15.5. The molecule has 1 aliphatic rings. The third kappa shape index (κ3) is 5.04. The van der Waals surface area contributed by atoms with Crippen molar-refractivity contribution in [3.63, 3.8) is 0 Å². The van der Waals surface area contributed by atoms with Gasteiger partial charge in [-0.3, -0.25) is 4.79 Å². The van der Waals surface area contributed by atoms with Gasteiger partial charge in [0.25, 0.3) is 0 Å². The maximum Gasteiger partial charge on any atom is 0.225 e. The summed E-state index contributed by atoms with van der Waals surface area (Å²) in [6.07, 6.45) is 0.267. The van der Waals surface area contributed by atoms with Crippen LogP contribution in [0.25, 0.3) is 10.2 Å². The number of carbonyl (C=O) groups excluding carboxylic acids is 1. The highest BCUT2D eigenvalue weighted by atomic mass is 32.2. The number of benzene rings is 2. The third-order valence-electron chi connectivity index (χ3n) is 4.43. The number of amides is 1. The number of carbonyl (C=O) groups is 1. The number of nitrogens with one attached hydrogen (secondary N) is 1. The number of aromatic nitrogens is 1. The normalized spacial score (nSPS) is 14.3. The number of anilines is 2. The Hall–Kier alpha value is -2.23. The van der Waals surface area contributed by atoms with Gasteiger partial charge in [-0.1, -0.05) is 11.3 Å². The van der Waals surface area contributed by atoms with Gasteiger partial charge in [0.1, 0.15) is 0 Å². The van der Waals surface area contributed by atoms with E-state index in [1.165, 1.54) is 17.8 Å². The van der Waals surface area contributed by atoms with Crippen LogP contribution in [0.4, 0.5) is 19.6 Å². The Morgan fingerprint density at radius 2 is 2.00 bits per heavy atom. The molecular formula is C20H19F2N3O2S2. The van der Waals surface area contributed by atoms with Crippen molar-refractivity contribution in [1.82, 2.24) is 4.98 Å². The van der Waals surface area contributed by atoms with Crippen molar-refractivity contribution in [1.29, 1.82) is 0 Å². The fourth-order valence-electron chi connectivity index (χ4n) is 2.93. The molecule has 0 atom stereocenters. The van der Waals surface area contributed by atoms with Crippen molar-refractivity contribution in [2.24, 2.45) is 0 Å². The molecule has 3 aromatic rings. The Balaban J connectivity index is 1.33. The number of morpholine rings is 1. The minimum Gasteiger partial charge on any atom is -0.378 e. The van der Waals surface area contributed by atoms with E-state index in [9.17, 15) is 13.6 Å². The predicted octanol–water partition coefficient (Wildman–Crippen LogP) is 4.53. The van der Waals surface area contributed by atoms with Gasteiger partial charge in [-0.25, -0.2) is 13.8 Å². The lowest BCUT2D eigenvalue weighted by atomic mass is 10.3. The van der Waals surface area contributed by atoms with E-state index in [1.54, 1.807) is 11.3 Å². The van der Waals surface area contributed by atoms with Crippen LogP contribution in [0, 0.1) is 11.6 Å². The van der Waals surface area contributed by atoms with Gasteiger partial charge in [0.2, 0.25) is 5.91 Å². The first-order chi connectivity index (χ1) is 14.1. The minimum atomic E-state index is -0.881. The number of hydrogen-bond acceptors (Lipinski definition) is 6. The molecule has 0 radical (unpaired) electrons. The van der Waals surface area contributed by atoms with E-state index in [0.717, 1.165) is 46.3 Å². The van der Waals surface area contributed by atoms with Crippen molar-refractivity contribution in [2.45, 2.75) is 11.3 Å². The van der Waals surface area contributed by atoms with E-state index >= 15 is 0 Å². The fraction of sp³-hybridized carbons (Fsp3) is 0.300. The second-order valence-electron chi connectivity index (χ2n) is 6.50. The standard InChI is InChI=1S/C20H19F2N3O2S2/c21-15-3-2-14(12-16(15)22)28-10-5-19(26)23-13-1-4-17-18(11-13)29-20(24-17)25-6-8-27-9-7-25/h1-4,11-12H,5-10H2,(H,23,26). The van der Waals surface area contributed by atoms with Gasteiger partial charge in [0.05, 0.1) is 23.4 Å². The van der Waals surface area contributed by atoms with E-state index in [2.05, 4.69) is 15.2 Å². The number of hydrogen-bond donors (Lipinski definition) is 1. The van der Waals surface area contributed by atoms with Crippen molar-refractivity contribution in [3.05, 3.63) is 48.0 Å². The SMILES string of the molecule is O=C(CCSc1ccc(F)c(F)c1)Nc1ccc2nc(N3CCOCC3)sc2c1. The average molecular weight is 436 g/mol. The zero-order chi connectivity index (χ0) is 20.2. The molecule has 4 rings (SSSR count). The van der Waals surface area contributed by atoms with Gasteiger partial charge in [0, 0.05) is 35.8 Å². The largest absolute Gasteiger partial charge is 0.378 e. The maximum absolute atomic E-state index is 13.2. The number of thiazole rings is 1. The number of rotatable bonds is 6. The highest BCUT2D eigenvalue weighted by Crippen LogP contribution is 2.31. The first-order valence-electron chi connectivity index (χ1n) is 9.19. The molecule has 0 spiro atoms. The molecule has 2 aromatic carbocycles. The van der Waals surface area contributed by atoms with Crippen molar-refractivity contribution in [2.75, 3.05) is 42.3 Å². The predicted molar refractivity (Wildman–Crippen MR) is 113 cm³/mol. The molecule has 2 heterocycles. The van der Waals surface area contributed by atoms with Gasteiger partial charge in [0.15, 0.2) is 16.8 Å². The van der Waals surface area contributed by atoms with Crippen molar-refractivity contribution in [3.8, 4) is 0 Å². The van der Waals surface area contributed by atoms with Crippen molar-refractivity contribution < 1.29 is 18.3 Å². The smallest absolute Gasteiger partial charge is 0.225 e.